The molecule has 1 unspecified atom stereocenters. The van der Waals surface area contributed by atoms with Gasteiger partial charge in [-0.1, -0.05) is 0 Å². The second-order valence-electron chi connectivity index (χ2n) is 3.67. The lowest BCUT2D eigenvalue weighted by Gasteiger charge is -2.32. The molecule has 0 saturated carbocycles. The van der Waals surface area contributed by atoms with E-state index in [1.807, 2.05) is 20.8 Å². The fourth-order valence-electron chi connectivity index (χ4n) is 1.53. The van der Waals surface area contributed by atoms with Crippen LogP contribution in [0, 0.1) is 0 Å². The predicted octanol–water partition coefficient (Wildman–Crippen LogP) is 0.598. The molecule has 0 aromatic heterocycles. The Kier molecular flexibility index (Phi) is 2.28. The number of cyclic esters (lactones) is 1. The van der Waals surface area contributed by atoms with Gasteiger partial charge in [-0.05, 0) is 20.8 Å². The molecule has 0 spiro atoms. The zero-order valence-corrected chi connectivity index (χ0v) is 7.70. The summed E-state index contributed by atoms with van der Waals surface area (Å²) in [6, 6.07) is 0.0668. The molecule has 1 amide bonds. The van der Waals surface area contributed by atoms with E-state index in [1.165, 1.54) is 0 Å². The van der Waals surface area contributed by atoms with Gasteiger partial charge in [-0.15, -0.1) is 0 Å². The average molecular weight is 173 g/mol. The molecule has 1 fully saturated rings. The van der Waals surface area contributed by atoms with E-state index in [0.29, 0.717) is 0 Å². The zero-order valence-electron chi connectivity index (χ0n) is 7.70. The third-order valence-electron chi connectivity index (χ3n) is 2.14. The molecular weight excluding hydrogens is 158 g/mol. The number of rotatable bonds is 2. The summed E-state index contributed by atoms with van der Waals surface area (Å²) in [6.07, 6.45) is -0.332. The van der Waals surface area contributed by atoms with Crippen molar-refractivity contribution < 1.29 is 14.6 Å². The third kappa shape index (κ3) is 1.27. The van der Waals surface area contributed by atoms with Crippen LogP contribution in [0.15, 0.2) is 0 Å². The quantitative estimate of drug-likeness (QED) is 0.665. The molecule has 1 aliphatic heterocycles. The minimum atomic E-state index is -0.536. The van der Waals surface area contributed by atoms with Crippen molar-refractivity contribution in [1.29, 1.82) is 0 Å². The van der Waals surface area contributed by atoms with Crippen LogP contribution in [0.25, 0.3) is 0 Å². The Morgan fingerprint density at radius 3 is 2.67 bits per heavy atom. The molecule has 0 aliphatic carbocycles. The van der Waals surface area contributed by atoms with Crippen molar-refractivity contribution >= 4 is 6.09 Å². The minimum Gasteiger partial charge on any atom is -0.447 e. The zero-order chi connectivity index (χ0) is 9.35. The summed E-state index contributed by atoms with van der Waals surface area (Å²) in [5.41, 5.74) is -0.536. The topological polar surface area (TPSA) is 49.8 Å². The second-order valence-corrected chi connectivity index (χ2v) is 3.67. The summed E-state index contributed by atoms with van der Waals surface area (Å²) in [5.74, 6) is 0. The fourth-order valence-corrected chi connectivity index (χ4v) is 1.53. The van der Waals surface area contributed by atoms with E-state index in [2.05, 4.69) is 0 Å². The van der Waals surface area contributed by atoms with Gasteiger partial charge in [0.15, 0.2) is 0 Å². The molecule has 4 nitrogen and oxygen atoms in total. The van der Waals surface area contributed by atoms with Crippen LogP contribution < -0.4 is 0 Å². The number of hydrogen-bond donors (Lipinski definition) is 1. The van der Waals surface area contributed by atoms with Gasteiger partial charge in [0, 0.05) is 6.04 Å². The molecule has 4 heteroatoms. The SMILES string of the molecule is CC(C)N1C(=O)OCC1(C)CO. The lowest BCUT2D eigenvalue weighted by molar-refractivity contribution is 0.0818. The summed E-state index contributed by atoms with van der Waals surface area (Å²) in [7, 11) is 0. The van der Waals surface area contributed by atoms with Gasteiger partial charge in [-0.2, -0.15) is 0 Å². The van der Waals surface area contributed by atoms with Crippen LogP contribution in [0.5, 0.6) is 0 Å². The van der Waals surface area contributed by atoms with Crippen LogP contribution in [-0.2, 0) is 4.74 Å². The molecule has 1 saturated heterocycles. The highest BCUT2D eigenvalue weighted by atomic mass is 16.6. The van der Waals surface area contributed by atoms with Gasteiger partial charge in [0.05, 0.1) is 6.61 Å². The van der Waals surface area contributed by atoms with Gasteiger partial charge in [0.1, 0.15) is 12.1 Å². The van der Waals surface area contributed by atoms with Crippen molar-refractivity contribution in [3.8, 4) is 0 Å². The Morgan fingerprint density at radius 1 is 1.75 bits per heavy atom. The first-order valence-corrected chi connectivity index (χ1v) is 4.08. The highest BCUT2D eigenvalue weighted by Crippen LogP contribution is 2.25. The van der Waals surface area contributed by atoms with Gasteiger partial charge in [0.2, 0.25) is 0 Å². The molecule has 12 heavy (non-hydrogen) atoms. The molecule has 0 aromatic rings. The highest BCUT2D eigenvalue weighted by molar-refractivity contribution is 5.71. The van der Waals surface area contributed by atoms with Gasteiger partial charge in [0.25, 0.3) is 0 Å². The average Bonchev–Trinajstić information content (AvgIpc) is 2.28. The number of aliphatic hydroxyl groups excluding tert-OH is 1. The lowest BCUT2D eigenvalue weighted by Crippen LogP contribution is -2.50. The number of amides is 1. The van der Waals surface area contributed by atoms with Crippen molar-refractivity contribution in [1.82, 2.24) is 4.90 Å². The Labute approximate surface area is 72.1 Å². The lowest BCUT2D eigenvalue weighted by atomic mass is 10.0. The monoisotopic (exact) mass is 173 g/mol. The number of carbonyl (C=O) groups is 1. The summed E-state index contributed by atoms with van der Waals surface area (Å²) in [5, 5.41) is 9.09. The number of nitrogens with zero attached hydrogens (tertiary/aromatic N) is 1. The Balaban J connectivity index is 2.84. The number of ether oxygens (including phenoxy) is 1. The number of hydrogen-bond acceptors (Lipinski definition) is 3. The first kappa shape index (κ1) is 9.32. The molecular formula is C8H15NO3. The highest BCUT2D eigenvalue weighted by Gasteiger charge is 2.44. The molecule has 1 aliphatic rings. The van der Waals surface area contributed by atoms with E-state index in [1.54, 1.807) is 4.90 Å². The van der Waals surface area contributed by atoms with E-state index >= 15 is 0 Å². The molecule has 0 bridgehead atoms. The van der Waals surface area contributed by atoms with Crippen LogP contribution in [0.4, 0.5) is 4.79 Å². The maximum Gasteiger partial charge on any atom is 0.410 e. The number of aliphatic hydroxyl groups is 1. The Hall–Kier alpha value is -0.770. The van der Waals surface area contributed by atoms with Crippen LogP contribution >= 0.6 is 0 Å². The normalized spacial score (nSPS) is 29.8. The Bertz CT molecular complexity index is 193. The van der Waals surface area contributed by atoms with Gasteiger partial charge >= 0.3 is 6.09 Å². The molecule has 1 rings (SSSR count). The minimum absolute atomic E-state index is 0.0586. The van der Waals surface area contributed by atoms with Crippen molar-refractivity contribution in [2.24, 2.45) is 0 Å². The summed E-state index contributed by atoms with van der Waals surface area (Å²) < 4.78 is 4.86. The van der Waals surface area contributed by atoms with Gasteiger partial charge in [-0.3, -0.25) is 4.90 Å². The fraction of sp³-hybridized carbons (Fsp3) is 0.875. The van der Waals surface area contributed by atoms with Crippen molar-refractivity contribution in [2.75, 3.05) is 13.2 Å². The number of carbonyl (C=O) groups excluding carboxylic acids is 1. The second kappa shape index (κ2) is 2.94. The predicted molar refractivity (Wildman–Crippen MR) is 43.8 cm³/mol. The smallest absolute Gasteiger partial charge is 0.410 e. The molecule has 1 N–H and O–H groups in total. The molecule has 1 heterocycles. The third-order valence-corrected chi connectivity index (χ3v) is 2.14. The molecule has 1 atom stereocenters. The van der Waals surface area contributed by atoms with E-state index in [9.17, 15) is 4.79 Å². The molecule has 70 valence electrons. The van der Waals surface area contributed by atoms with Crippen molar-refractivity contribution in [3.05, 3.63) is 0 Å². The largest absolute Gasteiger partial charge is 0.447 e. The molecule has 0 radical (unpaired) electrons. The van der Waals surface area contributed by atoms with Gasteiger partial charge in [-0.25, -0.2) is 4.79 Å². The summed E-state index contributed by atoms with van der Waals surface area (Å²) in [6.45, 7) is 5.84. The van der Waals surface area contributed by atoms with Gasteiger partial charge < -0.3 is 9.84 Å². The van der Waals surface area contributed by atoms with Crippen LogP contribution in [0.1, 0.15) is 20.8 Å². The van der Waals surface area contributed by atoms with E-state index in [4.69, 9.17) is 9.84 Å². The van der Waals surface area contributed by atoms with Crippen LogP contribution in [0.2, 0.25) is 0 Å². The maximum absolute atomic E-state index is 11.2. The Morgan fingerprint density at radius 2 is 2.33 bits per heavy atom. The maximum atomic E-state index is 11.2. The first-order valence-electron chi connectivity index (χ1n) is 4.08. The van der Waals surface area contributed by atoms with E-state index < -0.39 is 5.54 Å². The van der Waals surface area contributed by atoms with E-state index in [-0.39, 0.29) is 25.3 Å². The summed E-state index contributed by atoms with van der Waals surface area (Å²) in [4.78, 5) is 12.8. The summed E-state index contributed by atoms with van der Waals surface area (Å²) >= 11 is 0. The molecule has 0 aromatic carbocycles. The first-order chi connectivity index (χ1) is 5.51. The van der Waals surface area contributed by atoms with Crippen LogP contribution in [-0.4, -0.2) is 40.9 Å². The standard InChI is InChI=1S/C8H15NO3/c1-6(2)9-7(11)12-5-8(9,3)4-10/h6,10H,4-5H2,1-3H3. The van der Waals surface area contributed by atoms with Crippen LogP contribution in [0.3, 0.4) is 0 Å². The van der Waals surface area contributed by atoms with Crippen molar-refractivity contribution in [2.45, 2.75) is 32.4 Å². The van der Waals surface area contributed by atoms with E-state index in [0.717, 1.165) is 0 Å². The van der Waals surface area contributed by atoms with Crippen molar-refractivity contribution in [3.63, 3.8) is 0 Å².